The Morgan fingerprint density at radius 2 is 1.88 bits per heavy atom. The zero-order chi connectivity index (χ0) is 11.1. The first-order valence-corrected chi connectivity index (χ1v) is 6.26. The molecule has 0 amide bonds. The Morgan fingerprint density at radius 1 is 1.25 bits per heavy atom. The van der Waals surface area contributed by atoms with Crippen molar-refractivity contribution in [3.8, 4) is 0 Å². The van der Waals surface area contributed by atoms with Crippen molar-refractivity contribution in [1.29, 1.82) is 0 Å². The van der Waals surface area contributed by atoms with Gasteiger partial charge in [-0.05, 0) is 61.9 Å². The zero-order valence-electron chi connectivity index (χ0n) is 9.93. The van der Waals surface area contributed by atoms with Gasteiger partial charge in [0, 0.05) is 0 Å². The molecule has 1 N–H and O–H groups in total. The summed E-state index contributed by atoms with van der Waals surface area (Å²) in [5.41, 5.74) is 0. The normalized spacial score (nSPS) is 22.7. The molecule has 0 aromatic carbocycles. The van der Waals surface area contributed by atoms with Crippen LogP contribution in [0.1, 0.15) is 50.5 Å². The molecule has 0 saturated heterocycles. The summed E-state index contributed by atoms with van der Waals surface area (Å²) < 4.78 is 2.09. The minimum Gasteiger partial charge on any atom is -0.311 e. The van der Waals surface area contributed by atoms with Crippen molar-refractivity contribution >= 4 is 0 Å². The van der Waals surface area contributed by atoms with Crippen LogP contribution < -0.4 is 5.32 Å². The fourth-order valence-corrected chi connectivity index (χ4v) is 2.49. The number of rotatable bonds is 5. The third-order valence-electron chi connectivity index (χ3n) is 3.83. The van der Waals surface area contributed by atoms with Gasteiger partial charge in [-0.15, -0.1) is 5.10 Å². The summed E-state index contributed by atoms with van der Waals surface area (Å²) in [6, 6.07) is 0.802. The smallest absolute Gasteiger partial charge is 0.168 e. The summed E-state index contributed by atoms with van der Waals surface area (Å²) in [6.07, 6.45) is 5.42. The predicted molar refractivity (Wildman–Crippen MR) is 59.8 cm³/mol. The van der Waals surface area contributed by atoms with E-state index in [0.29, 0.717) is 6.04 Å². The lowest BCUT2D eigenvalue weighted by atomic mass is 10.1. The average molecular weight is 221 g/mol. The Labute approximate surface area is 95.6 Å². The van der Waals surface area contributed by atoms with Crippen LogP contribution in [0.5, 0.6) is 0 Å². The molecule has 2 fully saturated rings. The molecule has 1 unspecified atom stereocenters. The SMILES string of the molecule is CNC(C)c1nnnn1C(C1CC1)C1CC1. The first kappa shape index (κ1) is 10.2. The predicted octanol–water partition coefficient (Wildman–Crippen LogP) is 1.31. The van der Waals surface area contributed by atoms with Crippen molar-refractivity contribution < 1.29 is 0 Å². The molecule has 1 aromatic rings. The quantitative estimate of drug-likeness (QED) is 0.814. The van der Waals surface area contributed by atoms with E-state index >= 15 is 0 Å². The molecule has 1 aromatic heterocycles. The van der Waals surface area contributed by atoms with E-state index in [-0.39, 0.29) is 6.04 Å². The molecule has 1 heterocycles. The highest BCUT2D eigenvalue weighted by molar-refractivity contribution is 5.00. The van der Waals surface area contributed by atoms with Gasteiger partial charge in [-0.2, -0.15) is 0 Å². The molecule has 2 saturated carbocycles. The molecule has 0 spiro atoms. The lowest BCUT2D eigenvalue weighted by molar-refractivity contribution is 0.333. The lowest BCUT2D eigenvalue weighted by Crippen LogP contribution is -2.23. The van der Waals surface area contributed by atoms with E-state index in [1.54, 1.807) is 0 Å². The molecule has 3 rings (SSSR count). The Kier molecular flexibility index (Phi) is 2.42. The maximum atomic E-state index is 4.22. The van der Waals surface area contributed by atoms with Crippen molar-refractivity contribution in [2.75, 3.05) is 7.05 Å². The van der Waals surface area contributed by atoms with Crippen molar-refractivity contribution in [2.24, 2.45) is 11.8 Å². The molecule has 0 aliphatic heterocycles. The van der Waals surface area contributed by atoms with E-state index in [2.05, 4.69) is 32.4 Å². The molecule has 5 nitrogen and oxygen atoms in total. The fourth-order valence-electron chi connectivity index (χ4n) is 2.49. The van der Waals surface area contributed by atoms with E-state index in [1.807, 2.05) is 7.05 Å². The number of nitrogens with zero attached hydrogens (tertiary/aromatic N) is 4. The van der Waals surface area contributed by atoms with Gasteiger partial charge in [0.05, 0.1) is 12.1 Å². The van der Waals surface area contributed by atoms with Gasteiger partial charge in [0.1, 0.15) is 0 Å². The summed E-state index contributed by atoms with van der Waals surface area (Å²) in [5, 5.41) is 15.5. The minimum atomic E-state index is 0.231. The largest absolute Gasteiger partial charge is 0.311 e. The number of nitrogens with one attached hydrogen (secondary N) is 1. The molecule has 5 heteroatoms. The van der Waals surface area contributed by atoms with Gasteiger partial charge in [0.15, 0.2) is 5.82 Å². The summed E-state index contributed by atoms with van der Waals surface area (Å²) in [4.78, 5) is 0. The summed E-state index contributed by atoms with van der Waals surface area (Å²) in [7, 11) is 1.95. The average Bonchev–Trinajstić information content (AvgIpc) is 3.19. The van der Waals surface area contributed by atoms with Crippen molar-refractivity contribution in [3.63, 3.8) is 0 Å². The van der Waals surface area contributed by atoms with Crippen molar-refractivity contribution in [3.05, 3.63) is 5.82 Å². The Balaban J connectivity index is 1.88. The lowest BCUT2D eigenvalue weighted by Gasteiger charge is -2.19. The molecule has 1 atom stereocenters. The van der Waals surface area contributed by atoms with Gasteiger partial charge in [-0.3, -0.25) is 0 Å². The van der Waals surface area contributed by atoms with Gasteiger partial charge in [-0.1, -0.05) is 0 Å². The highest BCUT2D eigenvalue weighted by atomic mass is 15.6. The highest BCUT2D eigenvalue weighted by Crippen LogP contribution is 2.52. The maximum absolute atomic E-state index is 4.22. The van der Waals surface area contributed by atoms with E-state index in [1.165, 1.54) is 25.7 Å². The Bertz CT molecular complexity index is 354. The van der Waals surface area contributed by atoms with Crippen LogP contribution in [-0.4, -0.2) is 27.3 Å². The minimum absolute atomic E-state index is 0.231. The molecule has 2 aliphatic carbocycles. The van der Waals surface area contributed by atoms with E-state index < -0.39 is 0 Å². The van der Waals surface area contributed by atoms with Crippen LogP contribution in [0.2, 0.25) is 0 Å². The molecule has 16 heavy (non-hydrogen) atoms. The molecule has 0 radical (unpaired) electrons. The van der Waals surface area contributed by atoms with Gasteiger partial charge >= 0.3 is 0 Å². The van der Waals surface area contributed by atoms with E-state index in [4.69, 9.17) is 0 Å². The van der Waals surface area contributed by atoms with Crippen molar-refractivity contribution in [2.45, 2.75) is 44.7 Å². The van der Waals surface area contributed by atoms with Crippen LogP contribution in [0.3, 0.4) is 0 Å². The van der Waals surface area contributed by atoms with Crippen molar-refractivity contribution in [1.82, 2.24) is 25.5 Å². The molecular formula is C11H19N5. The second-order valence-electron chi connectivity index (χ2n) is 5.16. The number of tetrazole rings is 1. The van der Waals surface area contributed by atoms with Crippen LogP contribution in [-0.2, 0) is 0 Å². The van der Waals surface area contributed by atoms with E-state index in [0.717, 1.165) is 17.7 Å². The van der Waals surface area contributed by atoms with Crippen LogP contribution >= 0.6 is 0 Å². The number of hydrogen-bond acceptors (Lipinski definition) is 4. The standard InChI is InChI=1S/C11H19N5/c1-7(12-2)11-13-14-15-16(11)10(8-3-4-8)9-5-6-9/h7-10,12H,3-6H2,1-2H3. The third kappa shape index (κ3) is 1.73. The second kappa shape index (κ2) is 3.80. The fraction of sp³-hybridized carbons (Fsp3) is 0.909. The molecule has 88 valence electrons. The second-order valence-corrected chi connectivity index (χ2v) is 5.16. The van der Waals surface area contributed by atoms with E-state index in [9.17, 15) is 0 Å². The maximum Gasteiger partial charge on any atom is 0.168 e. The third-order valence-corrected chi connectivity index (χ3v) is 3.83. The van der Waals surface area contributed by atoms with Crippen LogP contribution in [0.25, 0.3) is 0 Å². The molecular weight excluding hydrogens is 202 g/mol. The topological polar surface area (TPSA) is 55.6 Å². The first-order chi connectivity index (χ1) is 7.81. The monoisotopic (exact) mass is 221 g/mol. The first-order valence-electron chi connectivity index (χ1n) is 6.26. The number of aromatic nitrogens is 4. The van der Waals surface area contributed by atoms with Crippen LogP contribution in [0.15, 0.2) is 0 Å². The molecule has 0 bridgehead atoms. The Morgan fingerprint density at radius 3 is 2.38 bits per heavy atom. The van der Waals surface area contributed by atoms with Gasteiger partial charge in [0.25, 0.3) is 0 Å². The highest BCUT2D eigenvalue weighted by Gasteiger charge is 2.44. The van der Waals surface area contributed by atoms with Gasteiger partial charge < -0.3 is 5.32 Å². The van der Waals surface area contributed by atoms with Crippen LogP contribution in [0.4, 0.5) is 0 Å². The van der Waals surface area contributed by atoms with Crippen LogP contribution in [0, 0.1) is 11.8 Å². The molecule has 2 aliphatic rings. The van der Waals surface area contributed by atoms with Gasteiger partial charge in [-0.25, -0.2) is 4.68 Å². The Hall–Kier alpha value is -0.970. The number of hydrogen-bond donors (Lipinski definition) is 1. The zero-order valence-corrected chi connectivity index (χ0v) is 9.93. The van der Waals surface area contributed by atoms with Gasteiger partial charge in [0.2, 0.25) is 0 Å². The summed E-state index contributed by atoms with van der Waals surface area (Å²) in [5.74, 6) is 2.66. The summed E-state index contributed by atoms with van der Waals surface area (Å²) >= 11 is 0. The summed E-state index contributed by atoms with van der Waals surface area (Å²) in [6.45, 7) is 2.11.